The number of benzene rings is 3. The first-order valence-corrected chi connectivity index (χ1v) is 9.00. The maximum Gasteiger partial charge on any atom is 0.330 e. The molecule has 0 aromatic heterocycles. The minimum absolute atomic E-state index is 0.467. The molecule has 0 atom stereocenters. The topological polar surface area (TPSA) is 73.5 Å². The molecule has 1 heterocycles. The van der Waals surface area contributed by atoms with E-state index in [0.717, 1.165) is 22.5 Å². The smallest absolute Gasteiger partial charge is 0.330 e. The zero-order valence-corrected chi connectivity index (χ0v) is 15.1. The Kier molecular flexibility index (Phi) is 4.93. The van der Waals surface area contributed by atoms with Crippen LogP contribution in [0.4, 0.5) is 26.7 Å². The molecule has 3 N–H and O–H groups in total. The first-order chi connectivity index (χ1) is 13.7. The van der Waals surface area contributed by atoms with E-state index in [1.807, 2.05) is 48.5 Å². The van der Waals surface area contributed by atoms with Crippen LogP contribution in [0.5, 0.6) is 0 Å². The minimum atomic E-state index is -0.571. The van der Waals surface area contributed by atoms with E-state index in [1.165, 1.54) is 0 Å². The zero-order chi connectivity index (χ0) is 19.3. The van der Waals surface area contributed by atoms with Gasteiger partial charge in [-0.2, -0.15) is 0 Å². The van der Waals surface area contributed by atoms with Crippen molar-refractivity contribution in [2.24, 2.45) is 0 Å². The predicted octanol–water partition coefficient (Wildman–Crippen LogP) is 4.33. The van der Waals surface area contributed by atoms with Crippen molar-refractivity contribution < 1.29 is 9.59 Å². The highest BCUT2D eigenvalue weighted by molar-refractivity contribution is 6.07. The molecule has 0 saturated heterocycles. The molecule has 4 amide bonds. The van der Waals surface area contributed by atoms with Crippen molar-refractivity contribution in [3.63, 3.8) is 0 Å². The van der Waals surface area contributed by atoms with Crippen LogP contribution in [0.3, 0.4) is 0 Å². The Morgan fingerprint density at radius 3 is 2.68 bits per heavy atom. The third-order valence-corrected chi connectivity index (χ3v) is 4.48. The monoisotopic (exact) mass is 371 g/mol. The van der Waals surface area contributed by atoms with Gasteiger partial charge in [0.25, 0.3) is 0 Å². The fourth-order valence-corrected chi connectivity index (χ4v) is 3.17. The highest BCUT2D eigenvalue weighted by Gasteiger charge is 2.23. The van der Waals surface area contributed by atoms with Gasteiger partial charge in [-0.15, -0.1) is 0 Å². The molecule has 4 rings (SSSR count). The van der Waals surface area contributed by atoms with Crippen molar-refractivity contribution in [3.8, 4) is 11.1 Å². The van der Waals surface area contributed by atoms with Crippen LogP contribution in [-0.2, 0) is 0 Å². The normalized spacial score (nSPS) is 12.5. The minimum Gasteiger partial charge on any atom is -0.382 e. The van der Waals surface area contributed by atoms with Crippen LogP contribution in [0.15, 0.2) is 72.8 Å². The molecule has 1 radical (unpaired) electrons. The first kappa shape index (κ1) is 17.6. The van der Waals surface area contributed by atoms with E-state index in [0.29, 0.717) is 18.8 Å². The average molecular weight is 371 g/mol. The Morgan fingerprint density at radius 2 is 1.82 bits per heavy atom. The third kappa shape index (κ3) is 3.81. The molecule has 0 aliphatic carbocycles. The predicted molar refractivity (Wildman–Crippen MR) is 111 cm³/mol. The Bertz CT molecular complexity index is 1000. The van der Waals surface area contributed by atoms with Crippen LogP contribution in [0.25, 0.3) is 11.1 Å². The summed E-state index contributed by atoms with van der Waals surface area (Å²) in [7, 11) is 0. The lowest BCUT2D eigenvalue weighted by atomic mass is 10.1. The summed E-state index contributed by atoms with van der Waals surface area (Å²) in [5, 5.41) is 8.33. The molecule has 3 aromatic rings. The molecular weight excluding hydrogens is 352 g/mol. The van der Waals surface area contributed by atoms with Crippen molar-refractivity contribution in [2.45, 2.75) is 0 Å². The molecule has 0 spiro atoms. The highest BCUT2D eigenvalue weighted by atomic mass is 16.2. The molecule has 1 aliphatic rings. The number of hydrogen-bond donors (Lipinski definition) is 3. The summed E-state index contributed by atoms with van der Waals surface area (Å²) >= 11 is 0. The molecule has 0 fully saturated rings. The van der Waals surface area contributed by atoms with E-state index in [2.05, 4.69) is 22.0 Å². The van der Waals surface area contributed by atoms with Crippen molar-refractivity contribution in [1.29, 1.82) is 0 Å². The molecule has 3 aromatic carbocycles. The standard InChI is InChI=1S/C22H19N4O2/c27-21(24-18-10-6-9-17(15-18)16-7-2-1-3-8-16)25-22(28)26-14-13-23-19-11-4-5-12-20(19)26/h1-3,5-12,15,23H,13-14H2,(H2,24,25,27,28). The number of nitrogens with zero attached hydrogens (tertiary/aromatic N) is 1. The number of carbonyl (C=O) groups is 2. The molecule has 139 valence electrons. The van der Waals surface area contributed by atoms with Crippen molar-refractivity contribution in [3.05, 3.63) is 78.9 Å². The second kappa shape index (κ2) is 7.84. The highest BCUT2D eigenvalue weighted by Crippen LogP contribution is 2.28. The largest absolute Gasteiger partial charge is 0.382 e. The van der Waals surface area contributed by atoms with Crippen LogP contribution in [-0.4, -0.2) is 25.2 Å². The van der Waals surface area contributed by atoms with Gasteiger partial charge in [0.05, 0.1) is 11.4 Å². The lowest BCUT2D eigenvalue weighted by molar-refractivity contribution is 0.236. The Labute approximate surface area is 163 Å². The zero-order valence-electron chi connectivity index (χ0n) is 15.1. The molecule has 28 heavy (non-hydrogen) atoms. The number of imide groups is 1. The molecule has 0 bridgehead atoms. The molecule has 6 nitrogen and oxygen atoms in total. The number of rotatable bonds is 2. The van der Waals surface area contributed by atoms with Gasteiger partial charge in [0, 0.05) is 18.8 Å². The van der Waals surface area contributed by atoms with E-state index in [-0.39, 0.29) is 0 Å². The lowest BCUT2D eigenvalue weighted by Gasteiger charge is -2.29. The van der Waals surface area contributed by atoms with Gasteiger partial charge in [-0.25, -0.2) is 9.59 Å². The van der Waals surface area contributed by atoms with E-state index >= 15 is 0 Å². The van der Waals surface area contributed by atoms with Gasteiger partial charge in [-0.3, -0.25) is 10.2 Å². The van der Waals surface area contributed by atoms with Crippen molar-refractivity contribution in [1.82, 2.24) is 5.32 Å². The van der Waals surface area contributed by atoms with E-state index in [1.54, 1.807) is 29.2 Å². The van der Waals surface area contributed by atoms with Crippen LogP contribution in [0.1, 0.15) is 0 Å². The van der Waals surface area contributed by atoms with Gasteiger partial charge in [-0.05, 0) is 41.5 Å². The van der Waals surface area contributed by atoms with E-state index in [9.17, 15) is 9.59 Å². The Balaban J connectivity index is 1.43. The van der Waals surface area contributed by atoms with Gasteiger partial charge >= 0.3 is 12.1 Å². The maximum absolute atomic E-state index is 12.6. The first-order valence-electron chi connectivity index (χ1n) is 9.00. The number of fused-ring (bicyclic) bond motifs is 1. The number of carbonyl (C=O) groups excluding carboxylic acids is 2. The second-order valence-corrected chi connectivity index (χ2v) is 6.35. The van der Waals surface area contributed by atoms with Crippen molar-refractivity contribution in [2.75, 3.05) is 28.6 Å². The van der Waals surface area contributed by atoms with Crippen molar-refractivity contribution >= 4 is 29.1 Å². The summed E-state index contributed by atoms with van der Waals surface area (Å²) in [4.78, 5) is 26.4. The van der Waals surface area contributed by atoms with Crippen LogP contribution in [0.2, 0.25) is 0 Å². The van der Waals surface area contributed by atoms with Crippen LogP contribution < -0.4 is 20.9 Å². The summed E-state index contributed by atoms with van der Waals surface area (Å²) in [6.07, 6.45) is 0. The molecule has 1 aliphatic heterocycles. The van der Waals surface area contributed by atoms with Gasteiger partial charge < -0.3 is 10.6 Å². The SMILES string of the molecule is O=C(NC(=O)N1CCNc2c[c]ccc21)Nc1cccc(-c2ccccc2)c1. The fourth-order valence-electron chi connectivity index (χ4n) is 3.17. The average Bonchev–Trinajstić information content (AvgIpc) is 2.74. The number of amides is 4. The number of anilines is 3. The molecular formula is C22H19N4O2. The Morgan fingerprint density at radius 1 is 1.00 bits per heavy atom. The molecule has 0 unspecified atom stereocenters. The maximum atomic E-state index is 12.6. The van der Waals surface area contributed by atoms with Crippen LogP contribution >= 0.6 is 0 Å². The van der Waals surface area contributed by atoms with Gasteiger partial charge in [0.2, 0.25) is 0 Å². The van der Waals surface area contributed by atoms with Gasteiger partial charge in [0.15, 0.2) is 0 Å². The quantitative estimate of drug-likeness (QED) is 0.628. The fraction of sp³-hybridized carbons (Fsp3) is 0.0909. The summed E-state index contributed by atoms with van der Waals surface area (Å²) in [5.41, 5.74) is 4.19. The summed E-state index contributed by atoms with van der Waals surface area (Å²) in [6.45, 7) is 1.08. The number of nitrogens with one attached hydrogen (secondary N) is 3. The van der Waals surface area contributed by atoms with Gasteiger partial charge in [-0.1, -0.05) is 48.5 Å². The molecule has 0 saturated carbocycles. The number of urea groups is 2. The van der Waals surface area contributed by atoms with Gasteiger partial charge in [0.1, 0.15) is 0 Å². The lowest BCUT2D eigenvalue weighted by Crippen LogP contribution is -2.48. The second-order valence-electron chi connectivity index (χ2n) is 6.35. The van der Waals surface area contributed by atoms with E-state index in [4.69, 9.17) is 0 Å². The molecule has 6 heteroatoms. The summed E-state index contributed by atoms with van der Waals surface area (Å²) in [5.74, 6) is 0. The number of hydrogen-bond acceptors (Lipinski definition) is 3. The summed E-state index contributed by atoms with van der Waals surface area (Å²) in [6, 6.07) is 24.6. The van der Waals surface area contributed by atoms with Crippen LogP contribution in [0, 0.1) is 6.07 Å². The third-order valence-electron chi connectivity index (χ3n) is 4.48. The Hall–Kier alpha value is -3.80. The van der Waals surface area contributed by atoms with E-state index < -0.39 is 12.1 Å². The summed E-state index contributed by atoms with van der Waals surface area (Å²) < 4.78 is 0.